The molecule has 0 aliphatic heterocycles. The van der Waals surface area contributed by atoms with E-state index < -0.39 is 15.8 Å². The van der Waals surface area contributed by atoms with E-state index in [-0.39, 0.29) is 17.2 Å². The minimum Gasteiger partial charge on any atom is -0.495 e. The molecule has 0 unspecified atom stereocenters. The van der Waals surface area contributed by atoms with Crippen molar-refractivity contribution in [2.45, 2.75) is 11.4 Å². The number of hydrogen-bond donors (Lipinski definition) is 1. The summed E-state index contributed by atoms with van der Waals surface area (Å²) in [4.78, 5) is 8.03. The number of pyridine rings is 2. The molecule has 8 heteroatoms. The molecule has 1 N–H and O–H groups in total. The number of methoxy groups -OCH3 is 1. The number of rotatable bonds is 6. The maximum absolute atomic E-state index is 13.5. The summed E-state index contributed by atoms with van der Waals surface area (Å²) in [6, 6.07) is 10.4. The molecule has 0 fully saturated rings. The predicted molar refractivity (Wildman–Crippen MR) is 94.4 cm³/mol. The van der Waals surface area contributed by atoms with Gasteiger partial charge in [-0.05, 0) is 42.0 Å². The molecular formula is C18H16FN3O3S. The molecule has 26 heavy (non-hydrogen) atoms. The van der Waals surface area contributed by atoms with Crippen LogP contribution in [-0.2, 0) is 16.6 Å². The SMILES string of the molecule is COc1ccc(F)cc1S(=O)(=O)NCc1cccnc1-c1ccncc1. The number of hydrogen-bond acceptors (Lipinski definition) is 5. The topological polar surface area (TPSA) is 81.2 Å². The van der Waals surface area contributed by atoms with Crippen LogP contribution < -0.4 is 9.46 Å². The summed E-state index contributed by atoms with van der Waals surface area (Å²) in [6.45, 7) is -0.00645. The van der Waals surface area contributed by atoms with Gasteiger partial charge in [0.1, 0.15) is 16.5 Å². The van der Waals surface area contributed by atoms with Crippen LogP contribution >= 0.6 is 0 Å². The van der Waals surface area contributed by atoms with E-state index in [9.17, 15) is 12.8 Å². The minimum absolute atomic E-state index is 0.00645. The molecule has 0 spiro atoms. The molecule has 1 aromatic carbocycles. The molecule has 0 radical (unpaired) electrons. The quantitative estimate of drug-likeness (QED) is 0.719. The maximum Gasteiger partial charge on any atom is 0.244 e. The van der Waals surface area contributed by atoms with Crippen molar-refractivity contribution < 1.29 is 17.5 Å². The van der Waals surface area contributed by atoms with Gasteiger partial charge < -0.3 is 4.74 Å². The first-order chi connectivity index (χ1) is 12.5. The minimum atomic E-state index is -3.98. The Labute approximate surface area is 150 Å². The van der Waals surface area contributed by atoms with Crippen molar-refractivity contribution in [3.8, 4) is 17.0 Å². The average Bonchev–Trinajstić information content (AvgIpc) is 2.67. The molecular weight excluding hydrogens is 357 g/mol. The highest BCUT2D eigenvalue weighted by molar-refractivity contribution is 7.89. The van der Waals surface area contributed by atoms with Crippen LogP contribution in [0.5, 0.6) is 5.75 Å². The lowest BCUT2D eigenvalue weighted by atomic mass is 10.1. The number of nitrogens with zero attached hydrogens (tertiary/aromatic N) is 2. The number of sulfonamides is 1. The molecule has 0 bridgehead atoms. The molecule has 0 atom stereocenters. The van der Waals surface area contributed by atoms with Crippen LogP contribution in [0, 0.1) is 5.82 Å². The fraction of sp³-hybridized carbons (Fsp3) is 0.111. The Bertz CT molecular complexity index is 1010. The van der Waals surface area contributed by atoms with Crippen LogP contribution in [0.2, 0.25) is 0 Å². The first-order valence-corrected chi connectivity index (χ1v) is 9.17. The van der Waals surface area contributed by atoms with E-state index >= 15 is 0 Å². The molecule has 3 rings (SSSR count). The number of aromatic nitrogens is 2. The molecule has 0 aliphatic rings. The van der Waals surface area contributed by atoms with E-state index in [0.717, 1.165) is 17.7 Å². The predicted octanol–water partition coefficient (Wildman–Crippen LogP) is 2.77. The third-order valence-electron chi connectivity index (χ3n) is 3.71. The fourth-order valence-electron chi connectivity index (χ4n) is 2.46. The van der Waals surface area contributed by atoms with Crippen molar-refractivity contribution in [3.63, 3.8) is 0 Å². The van der Waals surface area contributed by atoms with Gasteiger partial charge in [-0.2, -0.15) is 0 Å². The van der Waals surface area contributed by atoms with Crippen molar-refractivity contribution in [2.75, 3.05) is 7.11 Å². The normalized spacial score (nSPS) is 11.3. The second kappa shape index (κ2) is 7.59. The largest absolute Gasteiger partial charge is 0.495 e. The number of nitrogens with one attached hydrogen (secondary N) is 1. The van der Waals surface area contributed by atoms with E-state index in [4.69, 9.17) is 4.74 Å². The first-order valence-electron chi connectivity index (χ1n) is 7.69. The Kier molecular flexibility index (Phi) is 5.24. The Morgan fingerprint density at radius 3 is 2.62 bits per heavy atom. The van der Waals surface area contributed by atoms with E-state index in [1.807, 2.05) is 0 Å². The molecule has 2 heterocycles. The zero-order valence-corrected chi connectivity index (χ0v) is 14.7. The van der Waals surface area contributed by atoms with E-state index in [0.29, 0.717) is 11.3 Å². The zero-order chi connectivity index (χ0) is 18.6. The van der Waals surface area contributed by atoms with Gasteiger partial charge in [0, 0.05) is 30.7 Å². The third-order valence-corrected chi connectivity index (χ3v) is 5.14. The Balaban J connectivity index is 1.89. The third kappa shape index (κ3) is 3.87. The van der Waals surface area contributed by atoms with E-state index in [1.54, 1.807) is 42.9 Å². The second-order valence-corrected chi connectivity index (χ2v) is 7.10. The van der Waals surface area contributed by atoms with Crippen LogP contribution in [0.1, 0.15) is 5.56 Å². The van der Waals surface area contributed by atoms with Gasteiger partial charge in [0.25, 0.3) is 0 Å². The van der Waals surface area contributed by atoms with Gasteiger partial charge in [-0.25, -0.2) is 17.5 Å². The number of benzene rings is 1. The molecule has 0 saturated carbocycles. The van der Waals surface area contributed by atoms with Gasteiger partial charge in [0.05, 0.1) is 12.8 Å². The highest BCUT2D eigenvalue weighted by Crippen LogP contribution is 2.25. The first kappa shape index (κ1) is 18.0. The van der Waals surface area contributed by atoms with Crippen LogP contribution in [0.25, 0.3) is 11.3 Å². The average molecular weight is 373 g/mol. The van der Waals surface area contributed by atoms with E-state index in [2.05, 4.69) is 14.7 Å². The monoisotopic (exact) mass is 373 g/mol. The van der Waals surface area contributed by atoms with Gasteiger partial charge >= 0.3 is 0 Å². The molecule has 0 saturated heterocycles. The highest BCUT2D eigenvalue weighted by Gasteiger charge is 2.21. The summed E-state index contributed by atoms with van der Waals surface area (Å²) in [5, 5.41) is 0. The molecule has 134 valence electrons. The zero-order valence-electron chi connectivity index (χ0n) is 13.9. The van der Waals surface area contributed by atoms with Gasteiger partial charge in [0.15, 0.2) is 0 Å². The van der Waals surface area contributed by atoms with Crippen molar-refractivity contribution >= 4 is 10.0 Å². The Hall–Kier alpha value is -2.84. The van der Waals surface area contributed by atoms with Gasteiger partial charge in [-0.15, -0.1) is 0 Å². The summed E-state index contributed by atoms with van der Waals surface area (Å²) in [5.41, 5.74) is 2.14. The summed E-state index contributed by atoms with van der Waals surface area (Å²) >= 11 is 0. The molecule has 3 aromatic rings. The van der Waals surface area contributed by atoms with Crippen molar-refractivity contribution in [1.29, 1.82) is 0 Å². The Morgan fingerprint density at radius 1 is 1.12 bits per heavy atom. The summed E-state index contributed by atoms with van der Waals surface area (Å²) < 4.78 is 46.2. The molecule has 0 aliphatic carbocycles. The lowest BCUT2D eigenvalue weighted by molar-refractivity contribution is 0.400. The Morgan fingerprint density at radius 2 is 1.88 bits per heavy atom. The van der Waals surface area contributed by atoms with Crippen molar-refractivity contribution in [3.05, 3.63) is 72.4 Å². The molecule has 6 nitrogen and oxygen atoms in total. The van der Waals surface area contributed by atoms with Crippen molar-refractivity contribution in [1.82, 2.24) is 14.7 Å². The molecule has 0 amide bonds. The van der Waals surface area contributed by atoms with Crippen LogP contribution in [0.4, 0.5) is 4.39 Å². The van der Waals surface area contributed by atoms with Crippen LogP contribution in [0.3, 0.4) is 0 Å². The smallest absolute Gasteiger partial charge is 0.244 e. The highest BCUT2D eigenvalue weighted by atomic mass is 32.2. The van der Waals surface area contributed by atoms with Gasteiger partial charge in [-0.3, -0.25) is 9.97 Å². The van der Waals surface area contributed by atoms with Gasteiger partial charge in [0.2, 0.25) is 10.0 Å². The summed E-state index contributed by atoms with van der Waals surface area (Å²) in [7, 11) is -2.65. The lowest BCUT2D eigenvalue weighted by Crippen LogP contribution is -2.24. The summed E-state index contributed by atoms with van der Waals surface area (Å²) in [6.07, 6.45) is 4.90. The van der Waals surface area contributed by atoms with Crippen molar-refractivity contribution in [2.24, 2.45) is 0 Å². The maximum atomic E-state index is 13.5. The fourth-order valence-corrected chi connectivity index (χ4v) is 3.65. The second-order valence-electron chi connectivity index (χ2n) is 5.37. The number of halogens is 1. The van der Waals surface area contributed by atoms with Crippen LogP contribution in [0.15, 0.2) is 66.0 Å². The summed E-state index contributed by atoms with van der Waals surface area (Å²) in [5.74, 6) is -0.593. The van der Waals surface area contributed by atoms with E-state index in [1.165, 1.54) is 13.2 Å². The lowest BCUT2D eigenvalue weighted by Gasteiger charge is -2.12. The number of ether oxygens (including phenoxy) is 1. The van der Waals surface area contributed by atoms with Crippen LogP contribution in [-0.4, -0.2) is 25.5 Å². The molecule has 2 aromatic heterocycles. The van der Waals surface area contributed by atoms with Gasteiger partial charge in [-0.1, -0.05) is 6.07 Å². The standard InChI is InChI=1S/C18H16FN3O3S/c1-25-16-5-4-15(19)11-17(16)26(23,24)22-12-14-3-2-8-21-18(14)13-6-9-20-10-7-13/h2-11,22H,12H2,1H3.